The lowest BCUT2D eigenvalue weighted by atomic mass is 10.1. The fourth-order valence-corrected chi connectivity index (χ4v) is 3.85. The van der Waals surface area contributed by atoms with Crippen LogP contribution in [0.2, 0.25) is 0 Å². The quantitative estimate of drug-likeness (QED) is 0.874. The molecule has 0 unspecified atom stereocenters. The van der Waals surface area contributed by atoms with Gasteiger partial charge >= 0.3 is 0 Å². The van der Waals surface area contributed by atoms with Gasteiger partial charge in [0.1, 0.15) is 5.75 Å². The van der Waals surface area contributed by atoms with Crippen molar-refractivity contribution in [1.29, 1.82) is 0 Å². The minimum absolute atomic E-state index is 0.0275. The second-order valence-electron chi connectivity index (χ2n) is 6.03. The zero-order valence-corrected chi connectivity index (χ0v) is 14.2. The molecule has 0 bridgehead atoms. The van der Waals surface area contributed by atoms with Crippen molar-refractivity contribution in [2.24, 2.45) is 0 Å². The summed E-state index contributed by atoms with van der Waals surface area (Å²) in [7, 11) is 2.21. The topological polar surface area (TPSA) is 32.7 Å². The maximum atomic E-state index is 9.54. The number of aliphatic hydroxyl groups excluding tert-OH is 1. The predicted octanol–water partition coefficient (Wildman–Crippen LogP) is 3.29. The normalized spacial score (nSPS) is 16.7. The van der Waals surface area contributed by atoms with E-state index in [0.29, 0.717) is 6.04 Å². The van der Waals surface area contributed by atoms with Crippen LogP contribution in [0.15, 0.2) is 18.2 Å². The summed E-state index contributed by atoms with van der Waals surface area (Å²) in [5, 5.41) is 9.54. The fourth-order valence-electron chi connectivity index (χ4n) is 2.77. The van der Waals surface area contributed by atoms with Gasteiger partial charge in [0.2, 0.25) is 0 Å². The van der Waals surface area contributed by atoms with E-state index in [-0.39, 0.29) is 12.7 Å². The maximum Gasteiger partial charge on any atom is 0.125 e. The second-order valence-corrected chi connectivity index (χ2v) is 7.25. The van der Waals surface area contributed by atoms with E-state index in [4.69, 9.17) is 4.74 Å². The van der Waals surface area contributed by atoms with Crippen LogP contribution in [-0.4, -0.2) is 40.7 Å². The fraction of sp³-hybridized carbons (Fsp3) is 0.647. The highest BCUT2D eigenvalue weighted by Gasteiger charge is 2.18. The zero-order chi connectivity index (χ0) is 15.2. The van der Waals surface area contributed by atoms with Crippen LogP contribution in [0.5, 0.6) is 5.75 Å². The average Bonchev–Trinajstić information content (AvgIpc) is 2.49. The zero-order valence-electron chi connectivity index (χ0n) is 13.3. The Morgan fingerprint density at radius 3 is 2.67 bits per heavy atom. The van der Waals surface area contributed by atoms with Crippen molar-refractivity contribution >= 4 is 11.8 Å². The molecular formula is C17H27NO2S. The van der Waals surface area contributed by atoms with Crippen LogP contribution < -0.4 is 4.74 Å². The molecule has 0 amide bonds. The first kappa shape index (κ1) is 16.7. The number of hydrogen-bond acceptors (Lipinski definition) is 4. The van der Waals surface area contributed by atoms with Crippen LogP contribution in [0, 0.1) is 0 Å². The summed E-state index contributed by atoms with van der Waals surface area (Å²) in [6, 6.07) is 6.87. The van der Waals surface area contributed by atoms with Crippen LogP contribution in [0.4, 0.5) is 0 Å². The standard InChI is InChI=1S/C17H27NO2S/c1-13(2)20-17-5-4-14(10-15(17)12-19)11-18(3)16-6-8-21-9-7-16/h4-5,10,13,16,19H,6-9,11-12H2,1-3H3. The molecule has 1 N–H and O–H groups in total. The molecule has 4 heteroatoms. The Kier molecular flexibility index (Phi) is 6.40. The van der Waals surface area contributed by atoms with Gasteiger partial charge in [0.15, 0.2) is 0 Å². The molecule has 1 aliphatic rings. The van der Waals surface area contributed by atoms with E-state index in [0.717, 1.165) is 17.9 Å². The lowest BCUT2D eigenvalue weighted by Gasteiger charge is -2.31. The Hall–Kier alpha value is -0.710. The van der Waals surface area contributed by atoms with Gasteiger partial charge in [0.05, 0.1) is 12.7 Å². The molecule has 1 fully saturated rings. The van der Waals surface area contributed by atoms with Gasteiger partial charge in [-0.1, -0.05) is 6.07 Å². The summed E-state index contributed by atoms with van der Waals surface area (Å²) >= 11 is 2.06. The molecule has 1 saturated heterocycles. The summed E-state index contributed by atoms with van der Waals surface area (Å²) in [5.41, 5.74) is 2.13. The molecular weight excluding hydrogens is 282 g/mol. The molecule has 1 aliphatic heterocycles. The summed E-state index contributed by atoms with van der Waals surface area (Å²) in [6.07, 6.45) is 2.69. The second kappa shape index (κ2) is 8.06. The minimum Gasteiger partial charge on any atom is -0.491 e. The van der Waals surface area contributed by atoms with Gasteiger partial charge in [-0.3, -0.25) is 4.90 Å². The number of rotatable bonds is 6. The van der Waals surface area contributed by atoms with E-state index in [1.807, 2.05) is 19.9 Å². The average molecular weight is 309 g/mol. The van der Waals surface area contributed by atoms with Crippen molar-refractivity contribution in [1.82, 2.24) is 4.90 Å². The highest BCUT2D eigenvalue weighted by molar-refractivity contribution is 7.99. The van der Waals surface area contributed by atoms with E-state index in [9.17, 15) is 5.11 Å². The van der Waals surface area contributed by atoms with Crippen LogP contribution in [0.25, 0.3) is 0 Å². The Balaban J connectivity index is 2.02. The Bertz CT molecular complexity index is 444. The lowest BCUT2D eigenvalue weighted by Crippen LogP contribution is -2.34. The first-order chi connectivity index (χ1) is 10.1. The summed E-state index contributed by atoms with van der Waals surface area (Å²) in [5.74, 6) is 3.35. The van der Waals surface area contributed by atoms with Crippen molar-refractivity contribution in [2.45, 2.75) is 52.0 Å². The van der Waals surface area contributed by atoms with E-state index in [1.54, 1.807) is 0 Å². The molecule has 0 aliphatic carbocycles. The molecule has 118 valence electrons. The molecule has 1 aromatic rings. The molecule has 0 spiro atoms. The molecule has 2 rings (SSSR count). The van der Waals surface area contributed by atoms with Gasteiger partial charge in [0.25, 0.3) is 0 Å². The monoisotopic (exact) mass is 309 g/mol. The van der Waals surface area contributed by atoms with Crippen molar-refractivity contribution in [3.8, 4) is 5.75 Å². The third kappa shape index (κ3) is 4.90. The van der Waals surface area contributed by atoms with Crippen LogP contribution in [0.3, 0.4) is 0 Å². The van der Waals surface area contributed by atoms with Gasteiger partial charge < -0.3 is 9.84 Å². The first-order valence-corrected chi connectivity index (χ1v) is 8.93. The number of nitrogens with zero attached hydrogens (tertiary/aromatic N) is 1. The molecule has 1 heterocycles. The van der Waals surface area contributed by atoms with Gasteiger partial charge in [-0.05, 0) is 62.9 Å². The van der Waals surface area contributed by atoms with E-state index in [1.165, 1.54) is 29.9 Å². The third-order valence-corrected chi connectivity index (χ3v) is 4.95. The van der Waals surface area contributed by atoms with Gasteiger partial charge in [-0.25, -0.2) is 0 Å². The Labute approximate surface area is 132 Å². The molecule has 0 aromatic heterocycles. The van der Waals surface area contributed by atoms with E-state index >= 15 is 0 Å². The van der Waals surface area contributed by atoms with Gasteiger partial charge in [-0.15, -0.1) is 0 Å². The predicted molar refractivity (Wildman–Crippen MR) is 89.9 cm³/mol. The smallest absolute Gasteiger partial charge is 0.125 e. The maximum absolute atomic E-state index is 9.54. The number of thioether (sulfide) groups is 1. The lowest BCUT2D eigenvalue weighted by molar-refractivity contribution is 0.217. The highest BCUT2D eigenvalue weighted by atomic mass is 32.2. The minimum atomic E-state index is 0.0275. The molecule has 0 saturated carbocycles. The van der Waals surface area contributed by atoms with Gasteiger partial charge in [-0.2, -0.15) is 11.8 Å². The summed E-state index contributed by atoms with van der Waals surface area (Å²) < 4.78 is 5.74. The SMILES string of the molecule is CC(C)Oc1ccc(CN(C)C2CCSCC2)cc1CO. The van der Waals surface area contributed by atoms with Crippen LogP contribution >= 0.6 is 11.8 Å². The van der Waals surface area contributed by atoms with E-state index < -0.39 is 0 Å². The van der Waals surface area contributed by atoms with Gasteiger partial charge in [0, 0.05) is 18.2 Å². The largest absolute Gasteiger partial charge is 0.491 e. The molecule has 21 heavy (non-hydrogen) atoms. The van der Waals surface area contributed by atoms with Crippen LogP contribution in [0.1, 0.15) is 37.8 Å². The molecule has 1 aromatic carbocycles. The summed E-state index contributed by atoms with van der Waals surface area (Å²) in [6.45, 7) is 4.97. The highest BCUT2D eigenvalue weighted by Crippen LogP contribution is 2.25. The molecule has 0 atom stereocenters. The van der Waals surface area contributed by atoms with Crippen molar-refractivity contribution in [3.05, 3.63) is 29.3 Å². The summed E-state index contributed by atoms with van der Waals surface area (Å²) in [4.78, 5) is 2.44. The number of aliphatic hydroxyl groups is 1. The van der Waals surface area contributed by atoms with Crippen molar-refractivity contribution < 1.29 is 9.84 Å². The molecule has 3 nitrogen and oxygen atoms in total. The molecule has 0 radical (unpaired) electrons. The number of ether oxygens (including phenoxy) is 1. The first-order valence-electron chi connectivity index (χ1n) is 7.77. The van der Waals surface area contributed by atoms with Crippen molar-refractivity contribution in [2.75, 3.05) is 18.6 Å². The Morgan fingerprint density at radius 1 is 1.33 bits per heavy atom. The Morgan fingerprint density at radius 2 is 2.05 bits per heavy atom. The van der Waals surface area contributed by atoms with Crippen LogP contribution in [-0.2, 0) is 13.2 Å². The number of hydrogen-bond donors (Lipinski definition) is 1. The third-order valence-electron chi connectivity index (χ3n) is 3.90. The van der Waals surface area contributed by atoms with E-state index in [2.05, 4.69) is 35.8 Å². The number of benzene rings is 1. The van der Waals surface area contributed by atoms with Crippen molar-refractivity contribution in [3.63, 3.8) is 0 Å².